The van der Waals surface area contributed by atoms with E-state index in [1.54, 1.807) is 19.2 Å². The van der Waals surface area contributed by atoms with Crippen molar-refractivity contribution in [1.82, 2.24) is 15.5 Å². The summed E-state index contributed by atoms with van der Waals surface area (Å²) >= 11 is 0. The van der Waals surface area contributed by atoms with Crippen LogP contribution in [0.25, 0.3) is 0 Å². The number of benzene rings is 2. The third-order valence-electron chi connectivity index (χ3n) is 4.09. The first kappa shape index (κ1) is 18.4. The lowest BCUT2D eigenvalue weighted by Gasteiger charge is -2.09. The summed E-state index contributed by atoms with van der Waals surface area (Å²) in [6, 6.07) is 19.1. The summed E-state index contributed by atoms with van der Waals surface area (Å²) in [5.74, 6) is 1.15. The zero-order valence-electron chi connectivity index (χ0n) is 15.4. The van der Waals surface area contributed by atoms with Crippen molar-refractivity contribution >= 4 is 17.4 Å². The van der Waals surface area contributed by atoms with Crippen molar-refractivity contribution in [1.29, 1.82) is 0 Å². The molecule has 0 radical (unpaired) electrons. The van der Waals surface area contributed by atoms with Gasteiger partial charge in [0.2, 0.25) is 0 Å². The van der Waals surface area contributed by atoms with Gasteiger partial charge in [-0.05, 0) is 49.2 Å². The summed E-state index contributed by atoms with van der Waals surface area (Å²) in [6.07, 6.45) is 0.677. The molecule has 3 rings (SSSR count). The molecular formula is C21H22N4O2. The van der Waals surface area contributed by atoms with Gasteiger partial charge in [0.05, 0.1) is 7.11 Å². The number of hydrogen-bond acceptors (Lipinski definition) is 5. The SMILES string of the molecule is COc1ccccc1CCNC(=O)c1ccc(Nc2ccc(C)cc2)nn1. The molecule has 2 N–H and O–H groups in total. The standard InChI is InChI=1S/C21H22N4O2/c1-15-7-9-17(10-8-15)23-20-12-11-18(24-25-20)21(26)22-14-13-16-5-3-4-6-19(16)27-2/h3-12H,13-14H2,1-2H3,(H,22,26)(H,23,25). The van der Waals surface area contributed by atoms with Crippen LogP contribution in [0.4, 0.5) is 11.5 Å². The zero-order chi connectivity index (χ0) is 19.1. The van der Waals surface area contributed by atoms with E-state index in [-0.39, 0.29) is 11.6 Å². The van der Waals surface area contributed by atoms with Crippen LogP contribution in [-0.4, -0.2) is 29.8 Å². The molecule has 0 saturated heterocycles. The van der Waals surface area contributed by atoms with E-state index in [0.29, 0.717) is 18.8 Å². The number of para-hydroxylation sites is 1. The van der Waals surface area contributed by atoms with Gasteiger partial charge in [-0.2, -0.15) is 0 Å². The van der Waals surface area contributed by atoms with Gasteiger partial charge < -0.3 is 15.4 Å². The van der Waals surface area contributed by atoms with E-state index in [1.165, 1.54) is 5.56 Å². The predicted molar refractivity (Wildman–Crippen MR) is 106 cm³/mol. The molecule has 0 bridgehead atoms. The van der Waals surface area contributed by atoms with Crippen molar-refractivity contribution in [3.05, 3.63) is 77.5 Å². The second-order valence-corrected chi connectivity index (χ2v) is 6.11. The molecule has 6 heteroatoms. The third kappa shape index (κ3) is 5.04. The van der Waals surface area contributed by atoms with Crippen LogP contribution in [0, 0.1) is 6.92 Å². The minimum Gasteiger partial charge on any atom is -0.496 e. The van der Waals surface area contributed by atoms with E-state index in [4.69, 9.17) is 4.74 Å². The van der Waals surface area contributed by atoms with Gasteiger partial charge in [0.25, 0.3) is 5.91 Å². The molecule has 1 amide bonds. The van der Waals surface area contributed by atoms with E-state index < -0.39 is 0 Å². The highest BCUT2D eigenvalue weighted by molar-refractivity contribution is 5.92. The molecule has 0 aliphatic rings. The largest absolute Gasteiger partial charge is 0.496 e. The first-order valence-corrected chi connectivity index (χ1v) is 8.73. The van der Waals surface area contributed by atoms with E-state index in [2.05, 4.69) is 20.8 Å². The van der Waals surface area contributed by atoms with Gasteiger partial charge in [-0.15, -0.1) is 10.2 Å². The fourth-order valence-corrected chi connectivity index (χ4v) is 2.62. The Morgan fingerprint density at radius 3 is 2.48 bits per heavy atom. The van der Waals surface area contributed by atoms with E-state index in [9.17, 15) is 4.79 Å². The van der Waals surface area contributed by atoms with Crippen LogP contribution in [-0.2, 0) is 6.42 Å². The van der Waals surface area contributed by atoms with Crippen molar-refractivity contribution in [3.63, 3.8) is 0 Å². The van der Waals surface area contributed by atoms with Crippen LogP contribution < -0.4 is 15.4 Å². The molecular weight excluding hydrogens is 340 g/mol. The number of carbonyl (C=O) groups excluding carboxylic acids is 1. The van der Waals surface area contributed by atoms with Crippen LogP contribution in [0.15, 0.2) is 60.7 Å². The molecule has 0 aliphatic heterocycles. The molecule has 0 spiro atoms. The number of rotatable bonds is 7. The Bertz CT molecular complexity index is 893. The molecule has 138 valence electrons. The van der Waals surface area contributed by atoms with Crippen LogP contribution in [0.1, 0.15) is 21.6 Å². The number of anilines is 2. The number of nitrogens with one attached hydrogen (secondary N) is 2. The number of nitrogens with zero attached hydrogens (tertiary/aromatic N) is 2. The lowest BCUT2D eigenvalue weighted by atomic mass is 10.1. The highest BCUT2D eigenvalue weighted by Gasteiger charge is 2.09. The monoisotopic (exact) mass is 362 g/mol. The van der Waals surface area contributed by atoms with Crippen LogP contribution in [0.5, 0.6) is 5.75 Å². The highest BCUT2D eigenvalue weighted by atomic mass is 16.5. The van der Waals surface area contributed by atoms with E-state index in [1.807, 2.05) is 55.5 Å². The molecule has 0 unspecified atom stereocenters. The Morgan fingerprint density at radius 2 is 1.78 bits per heavy atom. The summed E-state index contributed by atoms with van der Waals surface area (Å²) in [5, 5.41) is 14.1. The Kier molecular flexibility index (Phi) is 5.99. The zero-order valence-corrected chi connectivity index (χ0v) is 15.4. The Labute approximate surface area is 158 Å². The maximum Gasteiger partial charge on any atom is 0.271 e. The molecule has 3 aromatic rings. The van der Waals surface area contributed by atoms with Gasteiger partial charge in [0.1, 0.15) is 5.75 Å². The molecule has 27 heavy (non-hydrogen) atoms. The number of methoxy groups -OCH3 is 1. The van der Waals surface area contributed by atoms with E-state index in [0.717, 1.165) is 17.0 Å². The average Bonchev–Trinajstić information content (AvgIpc) is 2.70. The van der Waals surface area contributed by atoms with Gasteiger partial charge in [-0.3, -0.25) is 4.79 Å². The molecule has 0 atom stereocenters. The fourth-order valence-electron chi connectivity index (χ4n) is 2.62. The highest BCUT2D eigenvalue weighted by Crippen LogP contribution is 2.17. The van der Waals surface area contributed by atoms with E-state index >= 15 is 0 Å². The molecule has 0 fully saturated rings. The van der Waals surface area contributed by atoms with Gasteiger partial charge in [-0.1, -0.05) is 35.9 Å². The topological polar surface area (TPSA) is 76.1 Å². The quantitative estimate of drug-likeness (QED) is 0.673. The lowest BCUT2D eigenvalue weighted by Crippen LogP contribution is -2.26. The van der Waals surface area contributed by atoms with Crippen LogP contribution in [0.3, 0.4) is 0 Å². The van der Waals surface area contributed by atoms with Crippen LogP contribution >= 0.6 is 0 Å². The molecule has 0 aliphatic carbocycles. The van der Waals surface area contributed by atoms with Crippen molar-refractivity contribution in [2.45, 2.75) is 13.3 Å². The van der Waals surface area contributed by atoms with Crippen molar-refractivity contribution in [2.24, 2.45) is 0 Å². The van der Waals surface area contributed by atoms with Gasteiger partial charge in [-0.25, -0.2) is 0 Å². The predicted octanol–water partition coefficient (Wildman–Crippen LogP) is 3.51. The maximum absolute atomic E-state index is 12.2. The maximum atomic E-state index is 12.2. The van der Waals surface area contributed by atoms with Crippen molar-refractivity contribution in [3.8, 4) is 5.75 Å². The second kappa shape index (κ2) is 8.80. The third-order valence-corrected chi connectivity index (χ3v) is 4.09. The summed E-state index contributed by atoms with van der Waals surface area (Å²) < 4.78 is 5.31. The summed E-state index contributed by atoms with van der Waals surface area (Å²) in [5.41, 5.74) is 3.43. The molecule has 1 heterocycles. The Hall–Kier alpha value is -3.41. The van der Waals surface area contributed by atoms with Crippen molar-refractivity contribution in [2.75, 3.05) is 19.0 Å². The first-order valence-electron chi connectivity index (χ1n) is 8.73. The fraction of sp³-hybridized carbons (Fsp3) is 0.190. The number of ether oxygens (including phenoxy) is 1. The van der Waals surface area contributed by atoms with Gasteiger partial charge in [0.15, 0.2) is 11.5 Å². The van der Waals surface area contributed by atoms with Crippen molar-refractivity contribution < 1.29 is 9.53 Å². The lowest BCUT2D eigenvalue weighted by molar-refractivity contribution is 0.0948. The van der Waals surface area contributed by atoms with Gasteiger partial charge in [0, 0.05) is 12.2 Å². The summed E-state index contributed by atoms with van der Waals surface area (Å²) in [7, 11) is 1.64. The molecule has 1 aromatic heterocycles. The molecule has 2 aromatic carbocycles. The van der Waals surface area contributed by atoms with Crippen LogP contribution in [0.2, 0.25) is 0 Å². The number of carbonyl (C=O) groups is 1. The summed E-state index contributed by atoms with van der Waals surface area (Å²) in [4.78, 5) is 12.2. The molecule has 0 saturated carbocycles. The molecule has 6 nitrogen and oxygen atoms in total. The number of aromatic nitrogens is 2. The minimum atomic E-state index is -0.251. The Morgan fingerprint density at radius 1 is 1.00 bits per heavy atom. The summed E-state index contributed by atoms with van der Waals surface area (Å²) in [6.45, 7) is 2.52. The smallest absolute Gasteiger partial charge is 0.271 e. The van der Waals surface area contributed by atoms with Gasteiger partial charge >= 0.3 is 0 Å². The number of hydrogen-bond donors (Lipinski definition) is 2. The average molecular weight is 362 g/mol. The first-order chi connectivity index (χ1) is 13.2. The second-order valence-electron chi connectivity index (χ2n) is 6.11. The minimum absolute atomic E-state index is 0.251. The Balaban J connectivity index is 1.53. The number of aryl methyl sites for hydroxylation is 1. The normalized spacial score (nSPS) is 10.3. The number of amides is 1.